The summed E-state index contributed by atoms with van der Waals surface area (Å²) in [6.07, 6.45) is 4.08. The van der Waals surface area contributed by atoms with Gasteiger partial charge in [0.2, 0.25) is 0 Å². The van der Waals surface area contributed by atoms with E-state index in [9.17, 15) is 0 Å². The standard InChI is InChI=1S/C6H12.C5H10N4.C2H6S/c1-5(2)6(3)4;1-4(2)5-6-7-8-9(5)3;1-3-2/h6H,1H2,2-4H3;4H,1-3H3;1-2H3. The lowest BCUT2D eigenvalue weighted by Gasteiger charge is -1.98. The normalized spacial score (nSPS) is 9.44. The second-order valence-corrected chi connectivity index (χ2v) is 5.54. The van der Waals surface area contributed by atoms with Crippen molar-refractivity contribution in [2.45, 2.75) is 40.5 Å². The number of hydrogen-bond acceptors (Lipinski definition) is 4. The number of aryl methyl sites for hydroxylation is 1. The van der Waals surface area contributed by atoms with Crippen molar-refractivity contribution in [2.75, 3.05) is 12.5 Å². The van der Waals surface area contributed by atoms with Crippen molar-refractivity contribution in [3.63, 3.8) is 0 Å². The Labute approximate surface area is 116 Å². The Morgan fingerprint density at radius 3 is 1.72 bits per heavy atom. The molecular formula is C13H28N4S. The fraction of sp³-hybridized carbons (Fsp3) is 0.769. The molecular weight excluding hydrogens is 244 g/mol. The lowest BCUT2D eigenvalue weighted by Crippen LogP contribution is -2.00. The van der Waals surface area contributed by atoms with Gasteiger partial charge in [0.1, 0.15) is 0 Å². The molecule has 18 heavy (non-hydrogen) atoms. The second kappa shape index (κ2) is 11.3. The van der Waals surface area contributed by atoms with E-state index in [1.165, 1.54) is 5.57 Å². The number of nitrogens with zero attached hydrogens (tertiary/aromatic N) is 4. The van der Waals surface area contributed by atoms with Gasteiger partial charge in [0.05, 0.1) is 0 Å². The van der Waals surface area contributed by atoms with Crippen LogP contribution in [0.3, 0.4) is 0 Å². The van der Waals surface area contributed by atoms with Crippen molar-refractivity contribution in [2.24, 2.45) is 13.0 Å². The van der Waals surface area contributed by atoms with E-state index in [0.29, 0.717) is 11.8 Å². The molecule has 1 aromatic rings. The highest BCUT2D eigenvalue weighted by Crippen LogP contribution is 2.06. The first-order valence-electron chi connectivity index (χ1n) is 6.05. The van der Waals surface area contributed by atoms with Crippen molar-refractivity contribution < 1.29 is 0 Å². The van der Waals surface area contributed by atoms with Crippen LogP contribution in [0.2, 0.25) is 0 Å². The fourth-order valence-corrected chi connectivity index (χ4v) is 0.726. The first kappa shape index (κ1) is 19.5. The number of rotatable bonds is 2. The molecule has 0 aliphatic rings. The summed E-state index contributed by atoms with van der Waals surface area (Å²) in [4.78, 5) is 0. The van der Waals surface area contributed by atoms with Gasteiger partial charge in [-0.1, -0.05) is 39.8 Å². The molecule has 5 heteroatoms. The van der Waals surface area contributed by atoms with Crippen LogP contribution in [0.25, 0.3) is 0 Å². The predicted octanol–water partition coefficient (Wildman–Crippen LogP) is 3.53. The van der Waals surface area contributed by atoms with Gasteiger partial charge in [-0.05, 0) is 35.8 Å². The minimum absolute atomic E-state index is 0.407. The molecule has 4 nitrogen and oxygen atoms in total. The van der Waals surface area contributed by atoms with E-state index in [1.807, 2.05) is 26.5 Å². The van der Waals surface area contributed by atoms with Crippen LogP contribution in [-0.4, -0.2) is 32.7 Å². The van der Waals surface area contributed by atoms with Crippen LogP contribution >= 0.6 is 11.8 Å². The highest BCUT2D eigenvalue weighted by molar-refractivity contribution is 7.97. The van der Waals surface area contributed by atoms with Crippen LogP contribution in [-0.2, 0) is 7.05 Å². The van der Waals surface area contributed by atoms with Crippen molar-refractivity contribution in [3.05, 3.63) is 18.0 Å². The summed E-state index contributed by atoms with van der Waals surface area (Å²) >= 11 is 1.75. The largest absolute Gasteiger partial charge is 0.232 e. The van der Waals surface area contributed by atoms with E-state index in [2.05, 4.69) is 49.8 Å². The Hall–Kier alpha value is -0.840. The molecule has 0 unspecified atom stereocenters. The van der Waals surface area contributed by atoms with E-state index in [0.717, 1.165) is 5.82 Å². The van der Waals surface area contributed by atoms with Gasteiger partial charge in [-0.15, -0.1) is 5.10 Å². The fourth-order valence-electron chi connectivity index (χ4n) is 0.726. The molecule has 0 aliphatic carbocycles. The van der Waals surface area contributed by atoms with Crippen LogP contribution in [0.5, 0.6) is 0 Å². The summed E-state index contributed by atoms with van der Waals surface area (Å²) < 4.78 is 1.69. The van der Waals surface area contributed by atoms with Crippen molar-refractivity contribution in [1.82, 2.24) is 20.2 Å². The van der Waals surface area contributed by atoms with Gasteiger partial charge in [0, 0.05) is 13.0 Å². The zero-order valence-corrected chi connectivity index (χ0v) is 13.9. The van der Waals surface area contributed by atoms with Crippen molar-refractivity contribution in [3.8, 4) is 0 Å². The van der Waals surface area contributed by atoms with Crippen LogP contribution < -0.4 is 0 Å². The molecule has 0 amide bonds. The molecule has 0 aromatic carbocycles. The van der Waals surface area contributed by atoms with E-state index in [-0.39, 0.29) is 0 Å². The number of tetrazole rings is 1. The summed E-state index contributed by atoms with van der Waals surface area (Å²) in [5, 5.41) is 11.0. The third-order valence-electron chi connectivity index (χ3n) is 2.15. The molecule has 0 saturated heterocycles. The molecule has 1 heterocycles. The molecule has 0 N–H and O–H groups in total. The lowest BCUT2D eigenvalue weighted by atomic mass is 10.1. The Morgan fingerprint density at radius 1 is 1.22 bits per heavy atom. The molecule has 0 fully saturated rings. The zero-order chi connectivity index (χ0) is 14.7. The second-order valence-electron chi connectivity index (χ2n) is 4.72. The summed E-state index contributed by atoms with van der Waals surface area (Å²) in [7, 11) is 1.84. The maximum absolute atomic E-state index is 3.82. The van der Waals surface area contributed by atoms with Gasteiger partial charge in [-0.3, -0.25) is 0 Å². The highest BCUT2D eigenvalue weighted by atomic mass is 32.2. The molecule has 0 radical (unpaired) electrons. The molecule has 0 atom stereocenters. The average molecular weight is 272 g/mol. The van der Waals surface area contributed by atoms with Crippen LogP contribution in [0, 0.1) is 5.92 Å². The highest BCUT2D eigenvalue weighted by Gasteiger charge is 2.04. The van der Waals surface area contributed by atoms with Gasteiger partial charge in [-0.2, -0.15) is 11.8 Å². The van der Waals surface area contributed by atoms with Gasteiger partial charge in [0.15, 0.2) is 5.82 Å². The maximum Gasteiger partial charge on any atom is 0.153 e. The predicted molar refractivity (Wildman–Crippen MR) is 82.0 cm³/mol. The maximum atomic E-state index is 3.82. The van der Waals surface area contributed by atoms with E-state index in [1.54, 1.807) is 16.4 Å². The van der Waals surface area contributed by atoms with Crippen LogP contribution in [0.15, 0.2) is 12.2 Å². The first-order chi connectivity index (χ1) is 8.27. The Kier molecular flexibility index (Phi) is 12.2. The number of allylic oxidation sites excluding steroid dienone is 1. The Morgan fingerprint density at radius 2 is 1.61 bits per heavy atom. The van der Waals surface area contributed by atoms with Crippen LogP contribution in [0.1, 0.15) is 46.4 Å². The van der Waals surface area contributed by atoms with Gasteiger partial charge in [0.25, 0.3) is 0 Å². The molecule has 1 aromatic heterocycles. The molecule has 106 valence electrons. The quantitative estimate of drug-likeness (QED) is 0.773. The third kappa shape index (κ3) is 10.3. The van der Waals surface area contributed by atoms with Gasteiger partial charge < -0.3 is 0 Å². The van der Waals surface area contributed by atoms with Crippen LogP contribution in [0.4, 0.5) is 0 Å². The molecule has 0 saturated carbocycles. The van der Waals surface area contributed by atoms with E-state index in [4.69, 9.17) is 0 Å². The average Bonchev–Trinajstić information content (AvgIpc) is 2.66. The molecule has 0 bridgehead atoms. The van der Waals surface area contributed by atoms with Crippen molar-refractivity contribution >= 4 is 11.8 Å². The van der Waals surface area contributed by atoms with Gasteiger partial charge in [-0.25, -0.2) is 4.68 Å². The number of aromatic nitrogens is 4. The van der Waals surface area contributed by atoms with Gasteiger partial charge >= 0.3 is 0 Å². The number of hydrogen-bond donors (Lipinski definition) is 0. The summed E-state index contributed by atoms with van der Waals surface area (Å²) in [5.41, 5.74) is 1.26. The molecule has 1 rings (SSSR count). The minimum atomic E-state index is 0.407. The first-order valence-corrected chi connectivity index (χ1v) is 7.68. The van der Waals surface area contributed by atoms with E-state index >= 15 is 0 Å². The monoisotopic (exact) mass is 272 g/mol. The van der Waals surface area contributed by atoms with Crippen molar-refractivity contribution in [1.29, 1.82) is 0 Å². The number of thioether (sulfide) groups is 1. The summed E-state index contributed by atoms with van der Waals surface area (Å²) in [5.74, 6) is 1.99. The van der Waals surface area contributed by atoms with E-state index < -0.39 is 0 Å². The molecule has 0 aliphatic heterocycles. The summed E-state index contributed by atoms with van der Waals surface area (Å²) in [6.45, 7) is 14.2. The lowest BCUT2D eigenvalue weighted by molar-refractivity contribution is 0.645. The topological polar surface area (TPSA) is 43.6 Å². The minimum Gasteiger partial charge on any atom is -0.232 e. The third-order valence-corrected chi connectivity index (χ3v) is 2.15. The zero-order valence-electron chi connectivity index (χ0n) is 13.1. The summed E-state index contributed by atoms with van der Waals surface area (Å²) in [6, 6.07) is 0. The Bertz CT molecular complexity index is 319. The SMILES string of the molecule is C=C(C)C(C)C.CC(C)c1nnnn1C.CSC. The Balaban J connectivity index is 0. The smallest absolute Gasteiger partial charge is 0.153 e. The molecule has 0 spiro atoms.